The summed E-state index contributed by atoms with van der Waals surface area (Å²) in [5, 5.41) is 3.73. The second kappa shape index (κ2) is 5.58. The van der Waals surface area contributed by atoms with Crippen molar-refractivity contribution in [1.29, 1.82) is 0 Å². The third-order valence-corrected chi connectivity index (χ3v) is 5.40. The number of fused-ring (bicyclic) bond motifs is 1. The van der Waals surface area contributed by atoms with Crippen molar-refractivity contribution in [2.45, 2.75) is 25.8 Å². The Bertz CT molecular complexity index is 917. The summed E-state index contributed by atoms with van der Waals surface area (Å²) < 4.78 is 0. The first-order chi connectivity index (χ1) is 11.1. The minimum absolute atomic E-state index is 0.0519. The standard InChI is InChI=1S/C17H14ClN3OS/c1-9-2-3-10(8-12(9)18)13-14-17(20-7-6-19-14)23-15(13)16(22)21-11-4-5-11/h2-3,6-8,11H,4-5H2,1H3,(H,21,22). The van der Waals surface area contributed by atoms with Crippen LogP contribution in [0.25, 0.3) is 21.5 Å². The Morgan fingerprint density at radius 2 is 2.09 bits per heavy atom. The van der Waals surface area contributed by atoms with E-state index >= 15 is 0 Å². The number of halogens is 1. The van der Waals surface area contributed by atoms with Gasteiger partial charge in [-0.05, 0) is 37.0 Å². The van der Waals surface area contributed by atoms with E-state index < -0.39 is 0 Å². The van der Waals surface area contributed by atoms with Gasteiger partial charge in [0.15, 0.2) is 0 Å². The summed E-state index contributed by atoms with van der Waals surface area (Å²) in [6.07, 6.45) is 5.40. The number of amides is 1. The normalized spacial score (nSPS) is 14.2. The van der Waals surface area contributed by atoms with Crippen LogP contribution < -0.4 is 5.32 Å². The third-order valence-electron chi connectivity index (χ3n) is 3.91. The zero-order valence-corrected chi connectivity index (χ0v) is 14.0. The van der Waals surface area contributed by atoms with Gasteiger partial charge in [0.05, 0.1) is 0 Å². The molecule has 3 aromatic rings. The Hall–Kier alpha value is -1.98. The molecule has 116 valence electrons. The zero-order chi connectivity index (χ0) is 16.0. The number of rotatable bonds is 3. The van der Waals surface area contributed by atoms with E-state index in [4.69, 9.17) is 11.6 Å². The molecule has 0 bridgehead atoms. The Kier molecular flexibility index (Phi) is 3.54. The fraction of sp³-hybridized carbons (Fsp3) is 0.235. The summed E-state index contributed by atoms with van der Waals surface area (Å²) in [5.41, 5.74) is 3.47. The highest BCUT2D eigenvalue weighted by molar-refractivity contribution is 7.21. The molecule has 6 heteroatoms. The van der Waals surface area contributed by atoms with Gasteiger partial charge in [-0.1, -0.05) is 23.7 Å². The lowest BCUT2D eigenvalue weighted by molar-refractivity contribution is 0.0956. The number of aryl methyl sites for hydroxylation is 1. The highest BCUT2D eigenvalue weighted by Crippen LogP contribution is 2.38. The number of benzene rings is 1. The van der Waals surface area contributed by atoms with Crippen molar-refractivity contribution in [3.05, 3.63) is 46.1 Å². The van der Waals surface area contributed by atoms with E-state index in [9.17, 15) is 4.79 Å². The van der Waals surface area contributed by atoms with Crippen molar-refractivity contribution in [3.8, 4) is 11.1 Å². The first kappa shape index (κ1) is 14.6. The first-order valence-electron chi connectivity index (χ1n) is 7.44. The molecule has 1 fully saturated rings. The molecule has 0 atom stereocenters. The van der Waals surface area contributed by atoms with E-state index in [-0.39, 0.29) is 5.91 Å². The third kappa shape index (κ3) is 2.71. The molecule has 1 aliphatic carbocycles. The SMILES string of the molecule is Cc1ccc(-c2c(C(=O)NC3CC3)sc3nccnc23)cc1Cl. The second-order valence-electron chi connectivity index (χ2n) is 5.73. The molecule has 0 spiro atoms. The number of carbonyl (C=O) groups is 1. The highest BCUT2D eigenvalue weighted by Gasteiger charge is 2.27. The van der Waals surface area contributed by atoms with Crippen LogP contribution in [0.2, 0.25) is 5.02 Å². The number of carbonyl (C=O) groups excluding carboxylic acids is 1. The van der Waals surface area contributed by atoms with Gasteiger partial charge in [0.1, 0.15) is 15.2 Å². The molecule has 1 saturated carbocycles. The number of nitrogens with zero attached hydrogens (tertiary/aromatic N) is 2. The Labute approximate surface area is 142 Å². The Balaban J connectivity index is 1.91. The van der Waals surface area contributed by atoms with Crippen molar-refractivity contribution in [3.63, 3.8) is 0 Å². The van der Waals surface area contributed by atoms with E-state index in [1.54, 1.807) is 12.4 Å². The molecule has 1 N–H and O–H groups in total. The predicted octanol–water partition coefficient (Wildman–Crippen LogP) is 4.21. The number of thiophene rings is 1. The summed E-state index contributed by atoms with van der Waals surface area (Å²) in [5.74, 6) is -0.0519. The smallest absolute Gasteiger partial charge is 0.262 e. The van der Waals surface area contributed by atoms with Crippen LogP contribution in [0.4, 0.5) is 0 Å². The summed E-state index contributed by atoms with van der Waals surface area (Å²) in [6, 6.07) is 6.13. The maximum absolute atomic E-state index is 12.6. The molecule has 1 amide bonds. The molecule has 2 heterocycles. The van der Waals surface area contributed by atoms with Crippen molar-refractivity contribution in [1.82, 2.24) is 15.3 Å². The van der Waals surface area contributed by atoms with Crippen LogP contribution in [-0.4, -0.2) is 21.9 Å². The van der Waals surface area contributed by atoms with Gasteiger partial charge in [0, 0.05) is 29.0 Å². The van der Waals surface area contributed by atoms with Crippen molar-refractivity contribution >= 4 is 39.2 Å². The van der Waals surface area contributed by atoms with Gasteiger partial charge in [-0.15, -0.1) is 11.3 Å². The molecule has 4 rings (SSSR count). The maximum Gasteiger partial charge on any atom is 0.262 e. The van der Waals surface area contributed by atoms with Crippen LogP contribution in [0.1, 0.15) is 28.1 Å². The first-order valence-corrected chi connectivity index (χ1v) is 8.64. The molecule has 2 aromatic heterocycles. The van der Waals surface area contributed by atoms with Gasteiger partial charge >= 0.3 is 0 Å². The summed E-state index contributed by atoms with van der Waals surface area (Å²) >= 11 is 7.65. The fourth-order valence-electron chi connectivity index (χ4n) is 2.48. The van der Waals surface area contributed by atoms with Crippen LogP contribution in [0.15, 0.2) is 30.6 Å². The zero-order valence-electron chi connectivity index (χ0n) is 12.5. The van der Waals surface area contributed by atoms with E-state index in [0.717, 1.165) is 39.9 Å². The maximum atomic E-state index is 12.6. The predicted molar refractivity (Wildman–Crippen MR) is 93.1 cm³/mol. The molecular weight excluding hydrogens is 330 g/mol. The quantitative estimate of drug-likeness (QED) is 0.775. The minimum Gasteiger partial charge on any atom is -0.349 e. The molecule has 1 aliphatic rings. The van der Waals surface area contributed by atoms with Crippen LogP contribution in [0.5, 0.6) is 0 Å². The van der Waals surface area contributed by atoms with Crippen molar-refractivity contribution in [2.75, 3.05) is 0 Å². The van der Waals surface area contributed by atoms with Gasteiger partial charge < -0.3 is 5.32 Å². The van der Waals surface area contributed by atoms with Crippen molar-refractivity contribution < 1.29 is 4.79 Å². The Morgan fingerprint density at radius 1 is 1.30 bits per heavy atom. The lowest BCUT2D eigenvalue weighted by Gasteiger charge is -2.07. The molecule has 0 unspecified atom stereocenters. The topological polar surface area (TPSA) is 54.9 Å². The molecular formula is C17H14ClN3OS. The fourth-order valence-corrected chi connectivity index (χ4v) is 3.69. The van der Waals surface area contributed by atoms with Gasteiger partial charge in [0.25, 0.3) is 5.91 Å². The van der Waals surface area contributed by atoms with Crippen molar-refractivity contribution in [2.24, 2.45) is 0 Å². The molecule has 23 heavy (non-hydrogen) atoms. The minimum atomic E-state index is -0.0519. The lowest BCUT2D eigenvalue weighted by atomic mass is 10.0. The molecule has 0 aliphatic heterocycles. The van der Waals surface area contributed by atoms with Gasteiger partial charge in [0.2, 0.25) is 0 Å². The van der Waals surface area contributed by atoms with Crippen LogP contribution in [-0.2, 0) is 0 Å². The number of nitrogens with one attached hydrogen (secondary N) is 1. The summed E-state index contributed by atoms with van der Waals surface area (Å²) in [7, 11) is 0. The second-order valence-corrected chi connectivity index (χ2v) is 7.13. The average Bonchev–Trinajstić information content (AvgIpc) is 3.27. The number of aromatic nitrogens is 2. The largest absolute Gasteiger partial charge is 0.349 e. The monoisotopic (exact) mass is 343 g/mol. The molecule has 4 nitrogen and oxygen atoms in total. The van der Waals surface area contributed by atoms with Crippen LogP contribution in [0.3, 0.4) is 0 Å². The molecule has 0 saturated heterocycles. The number of hydrogen-bond acceptors (Lipinski definition) is 4. The Morgan fingerprint density at radius 3 is 2.83 bits per heavy atom. The highest BCUT2D eigenvalue weighted by atomic mass is 35.5. The van der Waals surface area contributed by atoms with E-state index in [1.165, 1.54) is 11.3 Å². The van der Waals surface area contributed by atoms with Crippen LogP contribution >= 0.6 is 22.9 Å². The lowest BCUT2D eigenvalue weighted by Crippen LogP contribution is -2.24. The summed E-state index contributed by atoms with van der Waals surface area (Å²) in [6.45, 7) is 1.96. The average molecular weight is 344 g/mol. The van der Waals surface area contributed by atoms with E-state index in [0.29, 0.717) is 15.9 Å². The molecule has 0 radical (unpaired) electrons. The number of hydrogen-bond donors (Lipinski definition) is 1. The molecule has 1 aromatic carbocycles. The van der Waals surface area contributed by atoms with E-state index in [2.05, 4.69) is 15.3 Å². The summed E-state index contributed by atoms with van der Waals surface area (Å²) in [4.78, 5) is 22.8. The van der Waals surface area contributed by atoms with Crippen LogP contribution in [0, 0.1) is 6.92 Å². The van der Waals surface area contributed by atoms with Gasteiger partial charge in [-0.2, -0.15) is 0 Å². The van der Waals surface area contributed by atoms with Gasteiger partial charge in [-0.25, -0.2) is 4.98 Å². The van der Waals surface area contributed by atoms with Gasteiger partial charge in [-0.3, -0.25) is 9.78 Å². The van der Waals surface area contributed by atoms with E-state index in [1.807, 2.05) is 25.1 Å².